The third-order valence-electron chi connectivity index (χ3n) is 3.11. The standard InChI is InChI=1S/C16H21ClN4O3/c1-16(2,3)24-15(23)18-8-7-13(22)20-14-19-11-9-10(17)5-6-12(11)21(14)4/h5-6,9H,7-8H2,1-4H3,(H,18,23)(H,19,20,22). The Morgan fingerprint density at radius 2 is 2.04 bits per heavy atom. The van der Waals surface area contributed by atoms with Crippen LogP contribution in [0.3, 0.4) is 0 Å². The molecule has 130 valence electrons. The molecule has 0 aliphatic carbocycles. The molecule has 0 atom stereocenters. The van der Waals surface area contributed by atoms with Gasteiger partial charge in [0.15, 0.2) is 0 Å². The van der Waals surface area contributed by atoms with Gasteiger partial charge in [-0.2, -0.15) is 0 Å². The Balaban J connectivity index is 1.89. The molecule has 0 saturated carbocycles. The molecule has 0 unspecified atom stereocenters. The molecule has 1 heterocycles. The molecule has 2 rings (SSSR count). The van der Waals surface area contributed by atoms with Gasteiger partial charge in [0.25, 0.3) is 0 Å². The summed E-state index contributed by atoms with van der Waals surface area (Å²) in [7, 11) is 1.80. The Labute approximate surface area is 145 Å². The van der Waals surface area contributed by atoms with Crippen LogP contribution in [0.25, 0.3) is 11.0 Å². The molecule has 2 amide bonds. The maximum atomic E-state index is 12.0. The highest BCUT2D eigenvalue weighted by Crippen LogP contribution is 2.21. The molecule has 7 nitrogen and oxygen atoms in total. The van der Waals surface area contributed by atoms with Gasteiger partial charge in [-0.25, -0.2) is 9.78 Å². The van der Waals surface area contributed by atoms with Crippen LogP contribution in [-0.2, 0) is 16.6 Å². The summed E-state index contributed by atoms with van der Waals surface area (Å²) in [5.74, 6) is 0.171. The molecule has 0 aliphatic heterocycles. The van der Waals surface area contributed by atoms with E-state index in [4.69, 9.17) is 16.3 Å². The number of alkyl carbamates (subject to hydrolysis) is 1. The van der Waals surface area contributed by atoms with Gasteiger partial charge in [-0.05, 0) is 39.0 Å². The van der Waals surface area contributed by atoms with Gasteiger partial charge in [0.2, 0.25) is 11.9 Å². The van der Waals surface area contributed by atoms with E-state index in [1.54, 1.807) is 44.5 Å². The molecule has 0 bridgehead atoms. The number of nitrogens with one attached hydrogen (secondary N) is 2. The van der Waals surface area contributed by atoms with Crippen molar-refractivity contribution in [2.45, 2.75) is 32.8 Å². The second kappa shape index (κ2) is 7.09. The number of amides is 2. The van der Waals surface area contributed by atoms with Gasteiger partial charge >= 0.3 is 6.09 Å². The number of hydrogen-bond donors (Lipinski definition) is 2. The van der Waals surface area contributed by atoms with Crippen LogP contribution in [-0.4, -0.2) is 33.7 Å². The van der Waals surface area contributed by atoms with Crippen molar-refractivity contribution in [2.24, 2.45) is 7.05 Å². The van der Waals surface area contributed by atoms with Crippen LogP contribution in [0, 0.1) is 0 Å². The second-order valence-electron chi connectivity index (χ2n) is 6.35. The molecule has 2 N–H and O–H groups in total. The van der Waals surface area contributed by atoms with E-state index in [1.165, 1.54) is 0 Å². The van der Waals surface area contributed by atoms with Crippen molar-refractivity contribution in [3.63, 3.8) is 0 Å². The van der Waals surface area contributed by atoms with Crippen molar-refractivity contribution in [3.8, 4) is 0 Å². The highest BCUT2D eigenvalue weighted by Gasteiger charge is 2.16. The first kappa shape index (κ1) is 18.1. The van der Waals surface area contributed by atoms with Crippen molar-refractivity contribution >= 4 is 40.6 Å². The Morgan fingerprint density at radius 3 is 2.71 bits per heavy atom. The summed E-state index contributed by atoms with van der Waals surface area (Å²) in [6, 6.07) is 5.34. The molecule has 0 saturated heterocycles. The number of carbonyl (C=O) groups excluding carboxylic acids is 2. The number of aromatic nitrogens is 2. The van der Waals surface area contributed by atoms with Gasteiger partial charge in [-0.3, -0.25) is 10.1 Å². The maximum Gasteiger partial charge on any atom is 0.407 e. The summed E-state index contributed by atoms with van der Waals surface area (Å²) in [5, 5.41) is 5.84. The second-order valence-corrected chi connectivity index (χ2v) is 6.79. The van der Waals surface area contributed by atoms with E-state index >= 15 is 0 Å². The molecule has 0 spiro atoms. The molecule has 1 aromatic heterocycles. The monoisotopic (exact) mass is 352 g/mol. The Morgan fingerprint density at radius 1 is 1.33 bits per heavy atom. The lowest BCUT2D eigenvalue weighted by Crippen LogP contribution is -2.34. The Kier molecular flexibility index (Phi) is 5.33. The number of anilines is 1. The van der Waals surface area contributed by atoms with Crippen molar-refractivity contribution in [2.75, 3.05) is 11.9 Å². The van der Waals surface area contributed by atoms with Gasteiger partial charge in [-0.15, -0.1) is 0 Å². The molecule has 0 fully saturated rings. The highest BCUT2D eigenvalue weighted by atomic mass is 35.5. The first-order chi connectivity index (χ1) is 11.2. The van der Waals surface area contributed by atoms with E-state index in [1.807, 2.05) is 6.07 Å². The van der Waals surface area contributed by atoms with Crippen LogP contribution in [0.2, 0.25) is 5.02 Å². The van der Waals surface area contributed by atoms with Crippen molar-refractivity contribution in [1.29, 1.82) is 0 Å². The zero-order chi connectivity index (χ0) is 17.9. The minimum Gasteiger partial charge on any atom is -0.444 e. The van der Waals surface area contributed by atoms with Gasteiger partial charge < -0.3 is 14.6 Å². The molecule has 0 radical (unpaired) electrons. The number of aryl methyl sites for hydroxylation is 1. The SMILES string of the molecule is Cn1c(NC(=O)CCNC(=O)OC(C)(C)C)nc2cc(Cl)ccc21. The Hall–Kier alpha value is -2.28. The topological polar surface area (TPSA) is 85.2 Å². The zero-order valence-corrected chi connectivity index (χ0v) is 14.9. The highest BCUT2D eigenvalue weighted by molar-refractivity contribution is 6.31. The molecule has 1 aromatic carbocycles. The van der Waals surface area contributed by atoms with Crippen molar-refractivity contribution in [1.82, 2.24) is 14.9 Å². The number of carbonyl (C=O) groups is 2. The van der Waals surface area contributed by atoms with Crippen LogP contribution in [0.4, 0.5) is 10.7 Å². The van der Waals surface area contributed by atoms with E-state index in [0.29, 0.717) is 16.5 Å². The average Bonchev–Trinajstić information content (AvgIpc) is 2.72. The third-order valence-corrected chi connectivity index (χ3v) is 3.35. The number of hydrogen-bond acceptors (Lipinski definition) is 4. The fourth-order valence-corrected chi connectivity index (χ4v) is 2.23. The average molecular weight is 353 g/mol. The molecule has 2 aromatic rings. The fourth-order valence-electron chi connectivity index (χ4n) is 2.06. The van der Waals surface area contributed by atoms with Crippen LogP contribution in [0.5, 0.6) is 0 Å². The Bertz CT molecular complexity index is 765. The predicted octanol–water partition coefficient (Wildman–Crippen LogP) is 3.08. The molecule has 24 heavy (non-hydrogen) atoms. The fraction of sp³-hybridized carbons (Fsp3) is 0.438. The first-order valence-electron chi connectivity index (χ1n) is 7.54. The number of imidazole rings is 1. The van der Waals surface area contributed by atoms with E-state index in [9.17, 15) is 9.59 Å². The van der Waals surface area contributed by atoms with Gasteiger partial charge in [0.05, 0.1) is 11.0 Å². The minimum absolute atomic E-state index is 0.114. The third kappa shape index (κ3) is 4.86. The zero-order valence-electron chi connectivity index (χ0n) is 14.1. The van der Waals surface area contributed by atoms with E-state index in [2.05, 4.69) is 15.6 Å². The van der Waals surface area contributed by atoms with Gasteiger partial charge in [0, 0.05) is 25.0 Å². The van der Waals surface area contributed by atoms with Crippen LogP contribution in [0.1, 0.15) is 27.2 Å². The summed E-state index contributed by atoms with van der Waals surface area (Å²) in [4.78, 5) is 27.8. The normalized spacial score (nSPS) is 11.4. The van der Waals surface area contributed by atoms with Crippen molar-refractivity contribution < 1.29 is 14.3 Å². The number of benzene rings is 1. The summed E-state index contributed by atoms with van der Waals surface area (Å²) in [5.41, 5.74) is 0.995. The number of ether oxygens (including phenoxy) is 1. The van der Waals surface area contributed by atoms with E-state index in [-0.39, 0.29) is 18.9 Å². The largest absolute Gasteiger partial charge is 0.444 e. The molecular weight excluding hydrogens is 332 g/mol. The molecular formula is C16H21ClN4O3. The van der Waals surface area contributed by atoms with Gasteiger partial charge in [-0.1, -0.05) is 11.6 Å². The smallest absolute Gasteiger partial charge is 0.407 e. The summed E-state index contributed by atoms with van der Waals surface area (Å²) in [6.45, 7) is 5.50. The number of rotatable bonds is 4. The number of halogens is 1. The lowest BCUT2D eigenvalue weighted by Gasteiger charge is -2.19. The van der Waals surface area contributed by atoms with E-state index in [0.717, 1.165) is 5.52 Å². The summed E-state index contributed by atoms with van der Waals surface area (Å²) < 4.78 is 6.87. The van der Waals surface area contributed by atoms with Crippen molar-refractivity contribution in [3.05, 3.63) is 23.2 Å². The summed E-state index contributed by atoms with van der Waals surface area (Å²) >= 11 is 5.94. The maximum absolute atomic E-state index is 12.0. The number of fused-ring (bicyclic) bond motifs is 1. The lowest BCUT2D eigenvalue weighted by molar-refractivity contribution is -0.116. The number of nitrogens with zero attached hydrogens (tertiary/aromatic N) is 2. The van der Waals surface area contributed by atoms with Crippen LogP contribution in [0.15, 0.2) is 18.2 Å². The molecule has 0 aliphatic rings. The summed E-state index contributed by atoms with van der Waals surface area (Å²) in [6.07, 6.45) is -0.434. The quantitative estimate of drug-likeness (QED) is 0.885. The van der Waals surface area contributed by atoms with E-state index < -0.39 is 11.7 Å². The van der Waals surface area contributed by atoms with Crippen LogP contribution < -0.4 is 10.6 Å². The lowest BCUT2D eigenvalue weighted by atomic mass is 10.2. The van der Waals surface area contributed by atoms with Crippen LogP contribution >= 0.6 is 11.6 Å². The predicted molar refractivity (Wildman–Crippen MR) is 93.2 cm³/mol. The molecule has 8 heteroatoms. The minimum atomic E-state index is -0.569. The first-order valence-corrected chi connectivity index (χ1v) is 7.92. The van der Waals surface area contributed by atoms with Gasteiger partial charge in [0.1, 0.15) is 5.60 Å².